The molecule has 3 aromatic carbocycles. The number of amides is 3. The molecule has 0 fully saturated rings. The maximum absolute atomic E-state index is 13.9. The zero-order valence-corrected chi connectivity index (χ0v) is 18.5. The van der Waals surface area contributed by atoms with Crippen molar-refractivity contribution in [1.82, 2.24) is 0 Å². The number of para-hydroxylation sites is 3. The first kappa shape index (κ1) is 22.2. The molecule has 3 aromatic rings. The number of rotatable bonds is 5. The molecule has 0 spiro atoms. The molecule has 168 valence electrons. The van der Waals surface area contributed by atoms with Gasteiger partial charge in [-0.3, -0.25) is 24.2 Å². The van der Waals surface area contributed by atoms with Gasteiger partial charge in [-0.1, -0.05) is 74.5 Å². The van der Waals surface area contributed by atoms with Gasteiger partial charge in [0.1, 0.15) is 0 Å². The molecular weight excluding hydrogens is 416 g/mol. The summed E-state index contributed by atoms with van der Waals surface area (Å²) in [6, 6.07) is 23.3. The lowest BCUT2D eigenvalue weighted by molar-refractivity contribution is -0.133. The Morgan fingerprint density at radius 1 is 0.818 bits per heavy atom. The molecule has 0 saturated heterocycles. The molecule has 0 saturated carbocycles. The van der Waals surface area contributed by atoms with Crippen molar-refractivity contribution in [2.75, 3.05) is 9.80 Å². The number of primary amides is 1. The average molecular weight is 443 g/mol. The standard InChI is InChI=1S/C26H26N4O3/c1-17(2)26(25(28)33,18-11-5-3-6-12-18)30-21-16-10-9-15-20(21)29(19-13-7-4-8-14-19)23(31)22(27)24(30)32/h3-17,22H,27H2,1-2H3,(H2,28,33). The van der Waals surface area contributed by atoms with Crippen molar-refractivity contribution in [3.63, 3.8) is 0 Å². The largest absolute Gasteiger partial charge is 0.367 e. The van der Waals surface area contributed by atoms with Gasteiger partial charge in [0, 0.05) is 5.69 Å². The van der Waals surface area contributed by atoms with Gasteiger partial charge in [0.25, 0.3) is 11.8 Å². The first-order chi connectivity index (χ1) is 15.8. The predicted octanol–water partition coefficient (Wildman–Crippen LogP) is 3.06. The minimum absolute atomic E-state index is 0.379. The van der Waals surface area contributed by atoms with Crippen molar-refractivity contribution in [2.24, 2.45) is 17.4 Å². The van der Waals surface area contributed by atoms with Gasteiger partial charge in [-0.25, -0.2) is 0 Å². The SMILES string of the molecule is CC(C)C(C(N)=O)(c1ccccc1)N1C(=O)C(N)C(=O)N(c2ccccc2)c2ccccc21. The van der Waals surface area contributed by atoms with Gasteiger partial charge < -0.3 is 11.5 Å². The molecule has 0 radical (unpaired) electrons. The van der Waals surface area contributed by atoms with Crippen molar-refractivity contribution < 1.29 is 14.4 Å². The van der Waals surface area contributed by atoms with Crippen LogP contribution in [0.1, 0.15) is 19.4 Å². The zero-order valence-electron chi connectivity index (χ0n) is 18.5. The van der Waals surface area contributed by atoms with Gasteiger partial charge in [0.05, 0.1) is 11.4 Å². The number of benzene rings is 3. The number of nitrogens with zero attached hydrogens (tertiary/aromatic N) is 2. The number of carbonyl (C=O) groups excluding carboxylic acids is 3. The summed E-state index contributed by atoms with van der Waals surface area (Å²) >= 11 is 0. The lowest BCUT2D eigenvalue weighted by Gasteiger charge is -2.45. The van der Waals surface area contributed by atoms with Crippen molar-refractivity contribution in [1.29, 1.82) is 0 Å². The third-order valence-electron chi connectivity index (χ3n) is 6.13. The van der Waals surface area contributed by atoms with Gasteiger partial charge in [-0.15, -0.1) is 0 Å². The van der Waals surface area contributed by atoms with Gasteiger partial charge in [0.2, 0.25) is 5.91 Å². The number of nitrogens with two attached hydrogens (primary N) is 2. The Morgan fingerprint density at radius 2 is 1.33 bits per heavy atom. The fourth-order valence-corrected chi connectivity index (χ4v) is 4.62. The molecule has 4 rings (SSSR count). The van der Waals surface area contributed by atoms with Crippen molar-refractivity contribution in [3.05, 3.63) is 90.5 Å². The molecule has 0 aromatic heterocycles. The molecule has 33 heavy (non-hydrogen) atoms. The molecular formula is C26H26N4O3. The second kappa shape index (κ2) is 8.52. The summed E-state index contributed by atoms with van der Waals surface area (Å²) in [4.78, 5) is 43.4. The fourth-order valence-electron chi connectivity index (χ4n) is 4.62. The number of anilines is 3. The Balaban J connectivity index is 2.07. The number of carbonyl (C=O) groups is 3. The summed E-state index contributed by atoms with van der Waals surface area (Å²) in [5, 5.41) is 0. The third-order valence-corrected chi connectivity index (χ3v) is 6.13. The fraction of sp³-hybridized carbons (Fsp3) is 0.192. The molecule has 2 unspecified atom stereocenters. The van der Waals surface area contributed by atoms with E-state index in [0.717, 1.165) is 0 Å². The van der Waals surface area contributed by atoms with Crippen LogP contribution in [-0.2, 0) is 19.9 Å². The van der Waals surface area contributed by atoms with Crippen LogP contribution in [0.3, 0.4) is 0 Å². The van der Waals surface area contributed by atoms with Crippen LogP contribution < -0.4 is 21.3 Å². The first-order valence-electron chi connectivity index (χ1n) is 10.7. The molecule has 1 aliphatic rings. The summed E-state index contributed by atoms with van der Waals surface area (Å²) in [5.74, 6) is -2.42. The van der Waals surface area contributed by atoms with Crippen LogP contribution in [0.5, 0.6) is 0 Å². The second-order valence-corrected chi connectivity index (χ2v) is 8.30. The Kier molecular flexibility index (Phi) is 5.74. The molecule has 2 atom stereocenters. The smallest absolute Gasteiger partial charge is 0.258 e. The second-order valence-electron chi connectivity index (χ2n) is 8.30. The molecule has 3 amide bonds. The highest BCUT2D eigenvalue weighted by atomic mass is 16.2. The van der Waals surface area contributed by atoms with Crippen LogP contribution in [0.4, 0.5) is 17.1 Å². The number of hydrogen-bond acceptors (Lipinski definition) is 4. The van der Waals surface area contributed by atoms with Crippen molar-refractivity contribution in [2.45, 2.75) is 25.4 Å². The summed E-state index contributed by atoms with van der Waals surface area (Å²) in [7, 11) is 0. The Hall–Kier alpha value is -3.97. The minimum Gasteiger partial charge on any atom is -0.367 e. The number of fused-ring (bicyclic) bond motifs is 1. The highest BCUT2D eigenvalue weighted by Gasteiger charge is 2.54. The molecule has 4 N–H and O–H groups in total. The maximum atomic E-state index is 13.9. The van der Waals surface area contributed by atoms with E-state index in [1.54, 1.807) is 72.8 Å². The summed E-state index contributed by atoms with van der Waals surface area (Å²) in [6.07, 6.45) is 0. The van der Waals surface area contributed by atoms with Crippen LogP contribution in [0.15, 0.2) is 84.9 Å². The normalized spacial score (nSPS) is 18.0. The van der Waals surface area contributed by atoms with Crippen LogP contribution in [-0.4, -0.2) is 23.8 Å². The van der Waals surface area contributed by atoms with Gasteiger partial charge in [0.15, 0.2) is 11.6 Å². The van der Waals surface area contributed by atoms with Crippen molar-refractivity contribution in [3.8, 4) is 0 Å². The van der Waals surface area contributed by atoms with E-state index in [2.05, 4.69) is 0 Å². The summed E-state index contributed by atoms with van der Waals surface area (Å²) in [6.45, 7) is 3.64. The van der Waals surface area contributed by atoms with Gasteiger partial charge in [-0.05, 0) is 35.7 Å². The molecule has 1 heterocycles. The highest BCUT2D eigenvalue weighted by Crippen LogP contribution is 2.46. The Morgan fingerprint density at radius 3 is 1.88 bits per heavy atom. The van der Waals surface area contributed by atoms with E-state index in [0.29, 0.717) is 22.6 Å². The molecule has 0 aliphatic carbocycles. The third kappa shape index (κ3) is 3.37. The topological polar surface area (TPSA) is 110 Å². The lowest BCUT2D eigenvalue weighted by Crippen LogP contribution is -2.64. The lowest BCUT2D eigenvalue weighted by atomic mass is 9.76. The van der Waals surface area contributed by atoms with E-state index in [9.17, 15) is 14.4 Å². The molecule has 0 bridgehead atoms. The van der Waals surface area contributed by atoms with Crippen LogP contribution >= 0.6 is 0 Å². The van der Waals surface area contributed by atoms with E-state index < -0.39 is 35.2 Å². The van der Waals surface area contributed by atoms with Gasteiger partial charge >= 0.3 is 0 Å². The summed E-state index contributed by atoms with van der Waals surface area (Å²) < 4.78 is 0. The first-order valence-corrected chi connectivity index (χ1v) is 10.7. The van der Waals surface area contributed by atoms with E-state index in [1.807, 2.05) is 26.0 Å². The van der Waals surface area contributed by atoms with Crippen molar-refractivity contribution >= 4 is 34.8 Å². The Labute approximate surface area is 192 Å². The maximum Gasteiger partial charge on any atom is 0.258 e. The van der Waals surface area contributed by atoms with E-state index in [1.165, 1.54) is 9.80 Å². The zero-order chi connectivity index (χ0) is 23.8. The van der Waals surface area contributed by atoms with Crippen LogP contribution in [0.2, 0.25) is 0 Å². The number of hydrogen-bond donors (Lipinski definition) is 2. The van der Waals surface area contributed by atoms with Crippen LogP contribution in [0.25, 0.3) is 0 Å². The molecule has 7 nitrogen and oxygen atoms in total. The van der Waals surface area contributed by atoms with Crippen LogP contribution in [0, 0.1) is 5.92 Å². The minimum atomic E-state index is -1.57. The van der Waals surface area contributed by atoms with E-state index in [-0.39, 0.29) is 0 Å². The quantitative estimate of drug-likeness (QED) is 0.592. The highest BCUT2D eigenvalue weighted by molar-refractivity contribution is 6.24. The average Bonchev–Trinajstić information content (AvgIpc) is 2.90. The van der Waals surface area contributed by atoms with E-state index >= 15 is 0 Å². The van der Waals surface area contributed by atoms with E-state index in [4.69, 9.17) is 11.5 Å². The van der Waals surface area contributed by atoms with Gasteiger partial charge in [-0.2, -0.15) is 0 Å². The summed E-state index contributed by atoms with van der Waals surface area (Å²) in [5.41, 5.74) is 12.7. The monoisotopic (exact) mass is 442 g/mol. The molecule has 7 heteroatoms. The Bertz CT molecular complexity index is 1200. The predicted molar refractivity (Wildman–Crippen MR) is 128 cm³/mol. The molecule has 1 aliphatic heterocycles.